The van der Waals surface area contributed by atoms with Gasteiger partial charge in [0, 0.05) is 23.3 Å². The van der Waals surface area contributed by atoms with Crippen LogP contribution in [0.25, 0.3) is 0 Å². The summed E-state index contributed by atoms with van der Waals surface area (Å²) in [6.07, 6.45) is 1.04. The van der Waals surface area contributed by atoms with Gasteiger partial charge in [0.25, 0.3) is 0 Å². The minimum absolute atomic E-state index is 0.545. The number of hydrogen-bond donors (Lipinski definition) is 2. The van der Waals surface area contributed by atoms with Gasteiger partial charge in [0.1, 0.15) is 0 Å². The van der Waals surface area contributed by atoms with Gasteiger partial charge in [-0.05, 0) is 31.0 Å². The molecule has 1 aliphatic rings. The molecule has 0 saturated carbocycles. The average Bonchev–Trinajstić information content (AvgIpc) is 2.15. The van der Waals surface area contributed by atoms with Crippen LogP contribution in [0.1, 0.15) is 12.5 Å². The standard InChI is InChI=1S/C12H16N2/c1-8-12(9(2)14-8)7-10-4-3-5-11(13)6-10/h3-6,9,12,14H,1,7,13H2,2H3. The van der Waals surface area contributed by atoms with Crippen molar-refractivity contribution in [1.29, 1.82) is 0 Å². The van der Waals surface area contributed by atoms with E-state index in [1.807, 2.05) is 18.2 Å². The summed E-state index contributed by atoms with van der Waals surface area (Å²) in [5, 5.41) is 3.26. The summed E-state index contributed by atoms with van der Waals surface area (Å²) in [6.45, 7) is 6.15. The summed E-state index contributed by atoms with van der Waals surface area (Å²) in [4.78, 5) is 0. The number of benzene rings is 1. The largest absolute Gasteiger partial charge is 0.399 e. The quantitative estimate of drug-likeness (QED) is 0.696. The zero-order chi connectivity index (χ0) is 10.1. The first-order valence-electron chi connectivity index (χ1n) is 4.96. The Morgan fingerprint density at radius 2 is 2.29 bits per heavy atom. The minimum atomic E-state index is 0.545. The van der Waals surface area contributed by atoms with Crippen molar-refractivity contribution >= 4 is 5.69 Å². The number of hydrogen-bond acceptors (Lipinski definition) is 2. The van der Waals surface area contributed by atoms with E-state index < -0.39 is 0 Å². The van der Waals surface area contributed by atoms with Crippen molar-refractivity contribution in [2.45, 2.75) is 19.4 Å². The van der Waals surface area contributed by atoms with E-state index in [-0.39, 0.29) is 0 Å². The first kappa shape index (κ1) is 9.13. The molecule has 74 valence electrons. The molecule has 2 nitrogen and oxygen atoms in total. The first-order valence-corrected chi connectivity index (χ1v) is 4.96. The van der Waals surface area contributed by atoms with Crippen LogP contribution in [0.5, 0.6) is 0 Å². The second kappa shape index (κ2) is 3.37. The third-order valence-corrected chi connectivity index (χ3v) is 2.87. The van der Waals surface area contributed by atoms with Crippen LogP contribution in [0.3, 0.4) is 0 Å². The van der Waals surface area contributed by atoms with Crippen LogP contribution < -0.4 is 11.1 Å². The SMILES string of the molecule is C=C1NC(C)C1Cc1cccc(N)c1. The smallest absolute Gasteiger partial charge is 0.0316 e. The van der Waals surface area contributed by atoms with Crippen molar-refractivity contribution in [3.63, 3.8) is 0 Å². The van der Waals surface area contributed by atoms with Crippen LogP contribution >= 0.6 is 0 Å². The van der Waals surface area contributed by atoms with E-state index in [2.05, 4.69) is 24.9 Å². The van der Waals surface area contributed by atoms with Gasteiger partial charge in [-0.25, -0.2) is 0 Å². The molecule has 2 unspecified atom stereocenters. The topological polar surface area (TPSA) is 38.0 Å². The highest BCUT2D eigenvalue weighted by molar-refractivity contribution is 5.41. The van der Waals surface area contributed by atoms with Gasteiger partial charge in [-0.15, -0.1) is 0 Å². The lowest BCUT2D eigenvalue weighted by atomic mass is 9.84. The molecular weight excluding hydrogens is 172 g/mol. The third-order valence-electron chi connectivity index (χ3n) is 2.87. The summed E-state index contributed by atoms with van der Waals surface area (Å²) in [6, 6.07) is 8.63. The minimum Gasteiger partial charge on any atom is -0.399 e. The molecular formula is C12H16N2. The van der Waals surface area contributed by atoms with Gasteiger partial charge in [0.15, 0.2) is 0 Å². The number of rotatable bonds is 2. The molecule has 0 amide bonds. The van der Waals surface area contributed by atoms with Crippen LogP contribution in [-0.2, 0) is 6.42 Å². The molecule has 2 heteroatoms. The van der Waals surface area contributed by atoms with E-state index in [9.17, 15) is 0 Å². The highest BCUT2D eigenvalue weighted by atomic mass is 15.0. The fourth-order valence-electron chi connectivity index (χ4n) is 1.98. The van der Waals surface area contributed by atoms with E-state index in [0.29, 0.717) is 12.0 Å². The zero-order valence-electron chi connectivity index (χ0n) is 8.46. The van der Waals surface area contributed by atoms with E-state index >= 15 is 0 Å². The number of nitrogens with one attached hydrogen (secondary N) is 1. The number of anilines is 1. The normalized spacial score (nSPS) is 25.4. The van der Waals surface area contributed by atoms with Crippen molar-refractivity contribution < 1.29 is 0 Å². The summed E-state index contributed by atoms with van der Waals surface area (Å²) in [7, 11) is 0. The van der Waals surface area contributed by atoms with Crippen molar-refractivity contribution in [2.24, 2.45) is 5.92 Å². The molecule has 1 saturated heterocycles. The number of nitrogens with two attached hydrogens (primary N) is 1. The molecule has 0 bridgehead atoms. The predicted molar refractivity (Wildman–Crippen MR) is 59.8 cm³/mol. The molecule has 1 heterocycles. The van der Waals surface area contributed by atoms with Gasteiger partial charge >= 0.3 is 0 Å². The van der Waals surface area contributed by atoms with E-state index in [0.717, 1.165) is 17.8 Å². The Bertz CT molecular complexity index is 357. The summed E-state index contributed by atoms with van der Waals surface area (Å²) >= 11 is 0. The molecule has 1 aromatic rings. The molecule has 1 fully saturated rings. The Kier molecular flexibility index (Phi) is 2.20. The maximum atomic E-state index is 5.73. The Balaban J connectivity index is 2.07. The highest BCUT2D eigenvalue weighted by Crippen LogP contribution is 2.27. The maximum absolute atomic E-state index is 5.73. The molecule has 14 heavy (non-hydrogen) atoms. The van der Waals surface area contributed by atoms with Crippen LogP contribution in [0.2, 0.25) is 0 Å². The lowest BCUT2D eigenvalue weighted by Crippen LogP contribution is -2.48. The van der Waals surface area contributed by atoms with Crippen LogP contribution in [0.15, 0.2) is 36.5 Å². The van der Waals surface area contributed by atoms with Crippen LogP contribution in [-0.4, -0.2) is 6.04 Å². The Morgan fingerprint density at radius 1 is 1.50 bits per heavy atom. The van der Waals surface area contributed by atoms with Crippen LogP contribution in [0, 0.1) is 5.92 Å². The lowest BCUT2D eigenvalue weighted by molar-refractivity contribution is 0.326. The highest BCUT2D eigenvalue weighted by Gasteiger charge is 2.29. The molecule has 2 rings (SSSR count). The fraction of sp³-hybridized carbons (Fsp3) is 0.333. The van der Waals surface area contributed by atoms with Gasteiger partial charge < -0.3 is 11.1 Å². The summed E-state index contributed by atoms with van der Waals surface area (Å²) < 4.78 is 0. The molecule has 0 aromatic heterocycles. The molecule has 1 aliphatic heterocycles. The Morgan fingerprint density at radius 3 is 2.86 bits per heavy atom. The predicted octanol–water partition coefficient (Wildman–Crippen LogP) is 1.93. The third kappa shape index (κ3) is 1.60. The van der Waals surface area contributed by atoms with Crippen molar-refractivity contribution in [2.75, 3.05) is 5.73 Å². The molecule has 0 radical (unpaired) electrons. The summed E-state index contributed by atoms with van der Waals surface area (Å²) in [5.74, 6) is 0.566. The second-order valence-corrected chi connectivity index (χ2v) is 4.01. The van der Waals surface area contributed by atoms with E-state index in [1.165, 1.54) is 5.56 Å². The Hall–Kier alpha value is -1.44. The van der Waals surface area contributed by atoms with Gasteiger partial charge in [-0.3, -0.25) is 0 Å². The van der Waals surface area contributed by atoms with Crippen LogP contribution in [0.4, 0.5) is 5.69 Å². The van der Waals surface area contributed by atoms with Gasteiger partial charge in [0.05, 0.1) is 0 Å². The Labute approximate surface area is 84.8 Å². The molecule has 3 N–H and O–H groups in total. The number of nitrogen functional groups attached to an aromatic ring is 1. The maximum Gasteiger partial charge on any atom is 0.0316 e. The molecule has 0 aliphatic carbocycles. The average molecular weight is 188 g/mol. The van der Waals surface area contributed by atoms with Crippen molar-refractivity contribution in [3.8, 4) is 0 Å². The second-order valence-electron chi connectivity index (χ2n) is 4.01. The zero-order valence-corrected chi connectivity index (χ0v) is 8.46. The van der Waals surface area contributed by atoms with Crippen molar-refractivity contribution in [1.82, 2.24) is 5.32 Å². The molecule has 2 atom stereocenters. The summed E-state index contributed by atoms with van der Waals surface area (Å²) in [5.41, 5.74) is 9.01. The first-order chi connectivity index (χ1) is 6.66. The molecule has 1 aromatic carbocycles. The fourth-order valence-corrected chi connectivity index (χ4v) is 1.98. The van der Waals surface area contributed by atoms with Crippen molar-refractivity contribution in [3.05, 3.63) is 42.1 Å². The van der Waals surface area contributed by atoms with E-state index in [1.54, 1.807) is 0 Å². The monoisotopic (exact) mass is 188 g/mol. The van der Waals surface area contributed by atoms with Gasteiger partial charge in [-0.1, -0.05) is 18.7 Å². The lowest BCUT2D eigenvalue weighted by Gasteiger charge is -2.39. The van der Waals surface area contributed by atoms with Gasteiger partial charge in [-0.2, -0.15) is 0 Å². The van der Waals surface area contributed by atoms with Gasteiger partial charge in [0.2, 0.25) is 0 Å². The molecule has 0 spiro atoms. The van der Waals surface area contributed by atoms with E-state index in [4.69, 9.17) is 5.73 Å².